The van der Waals surface area contributed by atoms with Crippen molar-refractivity contribution >= 4 is 11.8 Å². The first-order valence-corrected chi connectivity index (χ1v) is 10.4. The molecule has 0 heterocycles. The SMILES string of the molecule is CN(C(=O)CCCNC(=O)c1ccc(F)cc1F)C1C2CC3CC(C2)CC1C3. The molecule has 1 aromatic rings. The Bertz CT molecular complexity index is 739. The largest absolute Gasteiger partial charge is 0.352 e. The van der Waals surface area contributed by atoms with Crippen LogP contribution in [0.5, 0.6) is 0 Å². The van der Waals surface area contributed by atoms with Gasteiger partial charge in [-0.15, -0.1) is 0 Å². The van der Waals surface area contributed by atoms with Crippen LogP contribution in [0.15, 0.2) is 18.2 Å². The van der Waals surface area contributed by atoms with Crippen LogP contribution in [-0.4, -0.2) is 36.3 Å². The van der Waals surface area contributed by atoms with Crippen molar-refractivity contribution in [3.05, 3.63) is 35.4 Å². The molecule has 0 unspecified atom stereocenters. The molecular formula is C22H28F2N2O2. The highest BCUT2D eigenvalue weighted by Gasteiger charge is 2.50. The van der Waals surface area contributed by atoms with Gasteiger partial charge >= 0.3 is 0 Å². The standard InChI is InChI=1S/C22H28F2N2O2/c1-26(21-15-8-13-7-14(10-15)11-16(21)9-13)20(27)3-2-6-25-22(28)18-5-4-17(23)12-19(18)24/h4-5,12-16,21H,2-3,6-11H2,1H3,(H,25,28). The average Bonchev–Trinajstić information content (AvgIpc) is 2.63. The van der Waals surface area contributed by atoms with Crippen molar-refractivity contribution in [2.24, 2.45) is 23.7 Å². The van der Waals surface area contributed by atoms with Crippen molar-refractivity contribution in [2.75, 3.05) is 13.6 Å². The Morgan fingerprint density at radius 2 is 1.71 bits per heavy atom. The van der Waals surface area contributed by atoms with Gasteiger partial charge in [-0.1, -0.05) is 0 Å². The molecule has 28 heavy (non-hydrogen) atoms. The molecule has 4 aliphatic carbocycles. The molecule has 0 aromatic heterocycles. The maximum atomic E-state index is 13.6. The summed E-state index contributed by atoms with van der Waals surface area (Å²) >= 11 is 0. The van der Waals surface area contributed by atoms with Gasteiger partial charge in [0.1, 0.15) is 11.6 Å². The fourth-order valence-corrected chi connectivity index (χ4v) is 6.08. The van der Waals surface area contributed by atoms with Gasteiger partial charge in [0, 0.05) is 32.1 Å². The second-order valence-electron chi connectivity index (χ2n) is 8.91. The molecule has 4 fully saturated rings. The summed E-state index contributed by atoms with van der Waals surface area (Å²) in [6.07, 6.45) is 7.36. The van der Waals surface area contributed by atoms with Crippen LogP contribution in [0.2, 0.25) is 0 Å². The van der Waals surface area contributed by atoms with Crippen molar-refractivity contribution in [3.63, 3.8) is 0 Å². The summed E-state index contributed by atoms with van der Waals surface area (Å²) in [5.41, 5.74) is -0.182. The van der Waals surface area contributed by atoms with E-state index in [2.05, 4.69) is 5.32 Å². The quantitative estimate of drug-likeness (QED) is 0.752. The lowest BCUT2D eigenvalue weighted by Gasteiger charge is -2.56. The van der Waals surface area contributed by atoms with E-state index < -0.39 is 17.5 Å². The predicted octanol–water partition coefficient (Wildman–Crippen LogP) is 3.76. The maximum Gasteiger partial charge on any atom is 0.254 e. The van der Waals surface area contributed by atoms with Crippen molar-refractivity contribution < 1.29 is 18.4 Å². The van der Waals surface area contributed by atoms with E-state index in [-0.39, 0.29) is 18.0 Å². The summed E-state index contributed by atoms with van der Waals surface area (Å²) in [6, 6.07) is 3.26. The third kappa shape index (κ3) is 3.78. The van der Waals surface area contributed by atoms with Gasteiger partial charge in [-0.2, -0.15) is 0 Å². The Balaban J connectivity index is 1.24. The number of amides is 2. The van der Waals surface area contributed by atoms with Gasteiger partial charge in [0.2, 0.25) is 5.91 Å². The molecule has 4 aliphatic rings. The Morgan fingerprint density at radius 3 is 2.32 bits per heavy atom. The molecule has 6 heteroatoms. The smallest absolute Gasteiger partial charge is 0.254 e. The second kappa shape index (κ2) is 7.80. The first-order chi connectivity index (χ1) is 13.4. The van der Waals surface area contributed by atoms with E-state index in [0.29, 0.717) is 36.8 Å². The van der Waals surface area contributed by atoms with Gasteiger partial charge in [0.15, 0.2) is 0 Å². The number of nitrogens with zero attached hydrogens (tertiary/aromatic N) is 1. The molecule has 4 saturated carbocycles. The first kappa shape index (κ1) is 19.3. The van der Waals surface area contributed by atoms with E-state index >= 15 is 0 Å². The minimum Gasteiger partial charge on any atom is -0.352 e. The number of halogens is 2. The number of hydrogen-bond acceptors (Lipinski definition) is 2. The number of carbonyl (C=O) groups excluding carboxylic acids is 2. The lowest BCUT2D eigenvalue weighted by Crippen LogP contribution is -2.56. The minimum absolute atomic E-state index is 0.125. The molecule has 5 rings (SSSR count). The molecule has 0 radical (unpaired) electrons. The Morgan fingerprint density at radius 1 is 1.07 bits per heavy atom. The highest BCUT2D eigenvalue weighted by atomic mass is 19.1. The monoisotopic (exact) mass is 390 g/mol. The Kier molecular flexibility index (Phi) is 5.39. The molecule has 0 atom stereocenters. The van der Waals surface area contributed by atoms with E-state index in [1.54, 1.807) is 0 Å². The van der Waals surface area contributed by atoms with Crippen LogP contribution in [0.4, 0.5) is 8.78 Å². The van der Waals surface area contributed by atoms with Crippen LogP contribution in [0.3, 0.4) is 0 Å². The lowest BCUT2D eigenvalue weighted by molar-refractivity contribution is -0.141. The normalized spacial score (nSPS) is 30.3. The van der Waals surface area contributed by atoms with E-state index in [9.17, 15) is 18.4 Å². The van der Waals surface area contributed by atoms with Gasteiger partial charge in [-0.25, -0.2) is 8.78 Å². The topological polar surface area (TPSA) is 49.4 Å². The number of nitrogens with one attached hydrogen (secondary N) is 1. The fraction of sp³-hybridized carbons (Fsp3) is 0.636. The molecule has 4 bridgehead atoms. The van der Waals surface area contributed by atoms with Crippen molar-refractivity contribution in [1.29, 1.82) is 0 Å². The Hall–Kier alpha value is -1.98. The molecule has 4 nitrogen and oxygen atoms in total. The summed E-state index contributed by atoms with van der Waals surface area (Å²) in [5.74, 6) is 1.02. The van der Waals surface area contributed by atoms with E-state index in [1.165, 1.54) is 32.1 Å². The average molecular weight is 390 g/mol. The number of rotatable bonds is 6. The third-order valence-corrected chi connectivity index (χ3v) is 7.05. The van der Waals surface area contributed by atoms with Crippen molar-refractivity contribution in [1.82, 2.24) is 10.2 Å². The van der Waals surface area contributed by atoms with Crippen LogP contribution >= 0.6 is 0 Å². The highest BCUT2D eigenvalue weighted by Crippen LogP contribution is 2.55. The van der Waals surface area contributed by atoms with Crippen LogP contribution in [-0.2, 0) is 4.79 Å². The van der Waals surface area contributed by atoms with Crippen LogP contribution in [0.1, 0.15) is 55.3 Å². The second-order valence-corrected chi connectivity index (χ2v) is 8.91. The summed E-state index contributed by atoms with van der Waals surface area (Å²) in [4.78, 5) is 26.7. The summed E-state index contributed by atoms with van der Waals surface area (Å²) in [7, 11) is 1.93. The van der Waals surface area contributed by atoms with Gasteiger partial charge < -0.3 is 10.2 Å². The maximum absolute atomic E-state index is 13.6. The zero-order valence-corrected chi connectivity index (χ0v) is 16.3. The third-order valence-electron chi connectivity index (χ3n) is 7.05. The van der Waals surface area contributed by atoms with Crippen molar-refractivity contribution in [3.8, 4) is 0 Å². The van der Waals surface area contributed by atoms with Crippen LogP contribution < -0.4 is 5.32 Å². The van der Waals surface area contributed by atoms with E-state index in [0.717, 1.165) is 24.0 Å². The van der Waals surface area contributed by atoms with Gasteiger partial charge in [-0.05, 0) is 74.3 Å². The minimum atomic E-state index is -0.879. The summed E-state index contributed by atoms with van der Waals surface area (Å²) in [6.45, 7) is 0.289. The summed E-state index contributed by atoms with van der Waals surface area (Å²) < 4.78 is 26.6. The first-order valence-electron chi connectivity index (χ1n) is 10.4. The number of carbonyl (C=O) groups is 2. The molecule has 1 aromatic carbocycles. The van der Waals surface area contributed by atoms with Crippen LogP contribution in [0, 0.1) is 35.3 Å². The fourth-order valence-electron chi connectivity index (χ4n) is 6.08. The van der Waals surface area contributed by atoms with E-state index in [4.69, 9.17) is 0 Å². The zero-order valence-electron chi connectivity index (χ0n) is 16.3. The lowest BCUT2D eigenvalue weighted by atomic mass is 9.54. The number of benzene rings is 1. The predicted molar refractivity (Wildman–Crippen MR) is 102 cm³/mol. The molecular weight excluding hydrogens is 362 g/mol. The molecule has 2 amide bonds. The summed E-state index contributed by atoms with van der Waals surface area (Å²) in [5, 5.41) is 2.61. The zero-order chi connectivity index (χ0) is 19.8. The number of hydrogen-bond donors (Lipinski definition) is 1. The molecule has 0 spiro atoms. The van der Waals surface area contributed by atoms with Crippen molar-refractivity contribution in [2.45, 2.75) is 51.0 Å². The molecule has 1 N–H and O–H groups in total. The molecule has 152 valence electrons. The van der Waals surface area contributed by atoms with Gasteiger partial charge in [-0.3, -0.25) is 9.59 Å². The molecule has 0 saturated heterocycles. The molecule has 0 aliphatic heterocycles. The van der Waals surface area contributed by atoms with Gasteiger partial charge in [0.05, 0.1) is 5.56 Å². The van der Waals surface area contributed by atoms with Gasteiger partial charge in [0.25, 0.3) is 5.91 Å². The van der Waals surface area contributed by atoms with Crippen LogP contribution in [0.25, 0.3) is 0 Å². The Labute approximate surface area is 164 Å². The highest BCUT2D eigenvalue weighted by molar-refractivity contribution is 5.94. The van der Waals surface area contributed by atoms with E-state index in [1.807, 2.05) is 11.9 Å².